The summed E-state index contributed by atoms with van der Waals surface area (Å²) in [4.78, 5) is 16.5. The number of anilines is 1. The van der Waals surface area contributed by atoms with Gasteiger partial charge in [-0.25, -0.2) is 0 Å². The van der Waals surface area contributed by atoms with Crippen molar-refractivity contribution < 1.29 is 4.79 Å². The number of aromatic nitrogens is 1. The molecule has 0 aliphatic rings. The summed E-state index contributed by atoms with van der Waals surface area (Å²) < 4.78 is 0. The molecule has 0 unspecified atom stereocenters. The summed E-state index contributed by atoms with van der Waals surface area (Å²) >= 11 is 0. The highest BCUT2D eigenvalue weighted by Crippen LogP contribution is 2.24. The fourth-order valence-corrected chi connectivity index (χ4v) is 2.04. The van der Waals surface area contributed by atoms with E-state index >= 15 is 0 Å². The molecule has 0 saturated carbocycles. The van der Waals surface area contributed by atoms with Crippen LogP contribution in [0.1, 0.15) is 32.9 Å². The van der Waals surface area contributed by atoms with Gasteiger partial charge in [0.2, 0.25) is 5.91 Å². The topological polar surface area (TPSA) is 42.0 Å². The molecule has 0 aliphatic heterocycles. The van der Waals surface area contributed by atoms with Crippen molar-refractivity contribution in [3.63, 3.8) is 0 Å². The molecule has 3 heteroatoms. The standard InChI is InChI=1S/C16H20N2O/c1-11-8-9-12-13(17-11)6-5-7-14(12)18-15(19)10-16(2,3)4/h5-9H,10H2,1-4H3,(H,18,19). The van der Waals surface area contributed by atoms with E-state index in [1.54, 1.807) is 0 Å². The van der Waals surface area contributed by atoms with Gasteiger partial charge < -0.3 is 5.32 Å². The molecule has 3 nitrogen and oxygen atoms in total. The van der Waals surface area contributed by atoms with Gasteiger partial charge in [-0.1, -0.05) is 26.8 Å². The van der Waals surface area contributed by atoms with Crippen LogP contribution in [-0.4, -0.2) is 10.9 Å². The van der Waals surface area contributed by atoms with E-state index in [4.69, 9.17) is 0 Å². The maximum Gasteiger partial charge on any atom is 0.224 e. The lowest BCUT2D eigenvalue weighted by molar-refractivity contribution is -0.117. The lowest BCUT2D eigenvalue weighted by Crippen LogP contribution is -2.19. The molecule has 1 N–H and O–H groups in total. The van der Waals surface area contributed by atoms with Crippen LogP contribution in [0.5, 0.6) is 0 Å². The lowest BCUT2D eigenvalue weighted by Gasteiger charge is -2.17. The first kappa shape index (κ1) is 13.5. The second-order valence-electron chi connectivity index (χ2n) is 6.11. The number of amides is 1. The van der Waals surface area contributed by atoms with E-state index in [1.165, 1.54) is 0 Å². The molecule has 0 atom stereocenters. The Hall–Kier alpha value is -1.90. The molecule has 0 aliphatic carbocycles. The normalized spacial score (nSPS) is 11.6. The largest absolute Gasteiger partial charge is 0.325 e. The minimum atomic E-state index is -0.0104. The van der Waals surface area contributed by atoms with E-state index < -0.39 is 0 Å². The molecule has 1 aromatic heterocycles. The molecule has 2 aromatic rings. The SMILES string of the molecule is Cc1ccc2c(NC(=O)CC(C)(C)C)cccc2n1. The Labute approximate surface area is 114 Å². The number of aryl methyl sites for hydroxylation is 1. The van der Waals surface area contributed by atoms with Gasteiger partial charge in [0.15, 0.2) is 0 Å². The minimum absolute atomic E-state index is 0.0104. The first-order chi connectivity index (χ1) is 8.85. The number of nitrogens with zero attached hydrogens (tertiary/aromatic N) is 1. The molecule has 1 heterocycles. The number of hydrogen-bond donors (Lipinski definition) is 1. The Bertz CT molecular complexity index is 612. The number of hydrogen-bond acceptors (Lipinski definition) is 2. The molecular formula is C16H20N2O. The van der Waals surface area contributed by atoms with Gasteiger partial charge in [0.05, 0.1) is 11.2 Å². The van der Waals surface area contributed by atoms with Gasteiger partial charge in [-0.2, -0.15) is 0 Å². The van der Waals surface area contributed by atoms with Gasteiger partial charge in [-0.3, -0.25) is 9.78 Å². The Balaban J connectivity index is 2.28. The van der Waals surface area contributed by atoms with Crippen LogP contribution in [0.25, 0.3) is 10.9 Å². The summed E-state index contributed by atoms with van der Waals surface area (Å²) in [6.45, 7) is 8.13. The molecule has 0 saturated heterocycles. The van der Waals surface area contributed by atoms with Crippen LogP contribution >= 0.6 is 0 Å². The number of nitrogens with one attached hydrogen (secondary N) is 1. The maximum absolute atomic E-state index is 12.0. The van der Waals surface area contributed by atoms with E-state index in [0.717, 1.165) is 22.3 Å². The second-order valence-corrected chi connectivity index (χ2v) is 6.11. The Morgan fingerprint density at radius 2 is 1.95 bits per heavy atom. The number of benzene rings is 1. The monoisotopic (exact) mass is 256 g/mol. The summed E-state index contributed by atoms with van der Waals surface area (Å²) in [5, 5.41) is 3.96. The van der Waals surface area contributed by atoms with Crippen LogP contribution in [0.2, 0.25) is 0 Å². The van der Waals surface area contributed by atoms with Crippen LogP contribution in [0.3, 0.4) is 0 Å². The van der Waals surface area contributed by atoms with Crippen LogP contribution in [0.15, 0.2) is 30.3 Å². The van der Waals surface area contributed by atoms with Gasteiger partial charge in [-0.15, -0.1) is 0 Å². The highest BCUT2D eigenvalue weighted by Gasteiger charge is 2.16. The highest BCUT2D eigenvalue weighted by atomic mass is 16.1. The number of carbonyl (C=O) groups excluding carboxylic acids is 1. The predicted molar refractivity (Wildman–Crippen MR) is 79.2 cm³/mol. The molecule has 1 aromatic carbocycles. The molecule has 0 spiro atoms. The van der Waals surface area contributed by atoms with E-state index in [9.17, 15) is 4.79 Å². The summed E-state index contributed by atoms with van der Waals surface area (Å²) in [5.41, 5.74) is 2.71. The van der Waals surface area contributed by atoms with Crippen molar-refractivity contribution in [1.82, 2.24) is 4.98 Å². The zero-order valence-electron chi connectivity index (χ0n) is 11.9. The van der Waals surface area contributed by atoms with Crippen LogP contribution < -0.4 is 5.32 Å². The first-order valence-electron chi connectivity index (χ1n) is 6.51. The van der Waals surface area contributed by atoms with Gasteiger partial charge in [0.25, 0.3) is 0 Å². The van der Waals surface area contributed by atoms with E-state index in [1.807, 2.05) is 37.3 Å². The van der Waals surface area contributed by atoms with Crippen molar-refractivity contribution >= 4 is 22.5 Å². The van der Waals surface area contributed by atoms with Crippen molar-refractivity contribution in [2.75, 3.05) is 5.32 Å². The average Bonchev–Trinajstić information content (AvgIpc) is 2.26. The third kappa shape index (κ3) is 3.53. The van der Waals surface area contributed by atoms with Crippen molar-refractivity contribution in [2.24, 2.45) is 5.41 Å². The van der Waals surface area contributed by atoms with Gasteiger partial charge in [0, 0.05) is 17.5 Å². The van der Waals surface area contributed by atoms with Gasteiger partial charge >= 0.3 is 0 Å². The van der Waals surface area contributed by atoms with Crippen molar-refractivity contribution in [3.05, 3.63) is 36.0 Å². The van der Waals surface area contributed by atoms with E-state index in [0.29, 0.717) is 6.42 Å². The molecular weight excluding hydrogens is 236 g/mol. The summed E-state index contributed by atoms with van der Waals surface area (Å²) in [6, 6.07) is 9.76. The zero-order valence-corrected chi connectivity index (χ0v) is 11.9. The molecule has 0 fully saturated rings. The number of pyridine rings is 1. The number of carbonyl (C=O) groups is 1. The molecule has 100 valence electrons. The highest BCUT2D eigenvalue weighted by molar-refractivity contribution is 6.01. The molecule has 1 amide bonds. The van der Waals surface area contributed by atoms with Crippen molar-refractivity contribution in [1.29, 1.82) is 0 Å². The Morgan fingerprint density at radius 1 is 1.21 bits per heavy atom. The molecule has 2 rings (SSSR count). The lowest BCUT2D eigenvalue weighted by atomic mass is 9.92. The van der Waals surface area contributed by atoms with Crippen molar-refractivity contribution in [2.45, 2.75) is 34.1 Å². The Kier molecular flexibility index (Phi) is 3.56. The number of fused-ring (bicyclic) bond motifs is 1. The molecule has 0 radical (unpaired) electrons. The quantitative estimate of drug-likeness (QED) is 0.885. The average molecular weight is 256 g/mol. The zero-order chi connectivity index (χ0) is 14.0. The van der Waals surface area contributed by atoms with Crippen LogP contribution in [0, 0.1) is 12.3 Å². The smallest absolute Gasteiger partial charge is 0.224 e. The van der Waals surface area contributed by atoms with Gasteiger partial charge in [-0.05, 0) is 36.6 Å². The Morgan fingerprint density at radius 3 is 2.63 bits per heavy atom. The van der Waals surface area contributed by atoms with Crippen molar-refractivity contribution in [3.8, 4) is 0 Å². The fraction of sp³-hybridized carbons (Fsp3) is 0.375. The summed E-state index contributed by atoms with van der Waals surface area (Å²) in [7, 11) is 0. The van der Waals surface area contributed by atoms with Gasteiger partial charge in [0.1, 0.15) is 0 Å². The van der Waals surface area contributed by atoms with Crippen LogP contribution in [-0.2, 0) is 4.79 Å². The summed E-state index contributed by atoms with van der Waals surface area (Å²) in [6.07, 6.45) is 0.503. The fourth-order valence-electron chi connectivity index (χ4n) is 2.04. The second kappa shape index (κ2) is 5.00. The van der Waals surface area contributed by atoms with E-state index in [-0.39, 0.29) is 11.3 Å². The molecule has 19 heavy (non-hydrogen) atoms. The number of rotatable bonds is 2. The predicted octanol–water partition coefficient (Wildman–Crippen LogP) is 3.92. The third-order valence-corrected chi connectivity index (χ3v) is 2.84. The molecule has 0 bridgehead atoms. The maximum atomic E-state index is 12.0. The third-order valence-electron chi connectivity index (χ3n) is 2.84. The summed E-state index contributed by atoms with van der Waals surface area (Å²) in [5.74, 6) is 0.0422. The van der Waals surface area contributed by atoms with Crippen LogP contribution in [0.4, 0.5) is 5.69 Å². The first-order valence-corrected chi connectivity index (χ1v) is 6.51. The van der Waals surface area contributed by atoms with E-state index in [2.05, 4.69) is 31.1 Å². The minimum Gasteiger partial charge on any atom is -0.325 e.